The third kappa shape index (κ3) is 2.55. The molecule has 1 nitrogen and oxygen atoms in total. The number of hydrogen-bond acceptors (Lipinski definition) is 1. The highest BCUT2D eigenvalue weighted by Crippen LogP contribution is 2.33. The zero-order chi connectivity index (χ0) is 13.9. The first-order valence-corrected chi connectivity index (χ1v) is 6.76. The van der Waals surface area contributed by atoms with Gasteiger partial charge in [0.15, 0.2) is 0 Å². The van der Waals surface area contributed by atoms with Crippen LogP contribution in [0.4, 0.5) is 0 Å². The molecule has 0 spiro atoms. The molecule has 1 heteroatoms. The Morgan fingerprint density at radius 2 is 1.67 bits per heavy atom. The van der Waals surface area contributed by atoms with Crippen molar-refractivity contribution in [2.75, 3.05) is 0 Å². The monoisotopic (exact) mass is 243 g/mol. The Kier molecular flexibility index (Phi) is 4.89. The Hall–Kier alpha value is -1.37. The number of rotatable bonds is 5. The van der Waals surface area contributed by atoms with Crippen LogP contribution in [0.1, 0.15) is 61.7 Å². The molecular formula is C17H25N. The minimum Gasteiger partial charge on any atom is -0.249 e. The van der Waals surface area contributed by atoms with Crippen LogP contribution in [0.2, 0.25) is 0 Å². The van der Waals surface area contributed by atoms with E-state index in [2.05, 4.69) is 52.8 Å². The maximum Gasteiger partial charge on any atom is 0.0665 e. The van der Waals surface area contributed by atoms with Crippen LogP contribution in [0.15, 0.2) is 13.2 Å². The molecular weight excluding hydrogens is 218 g/mol. The summed E-state index contributed by atoms with van der Waals surface area (Å²) in [6.07, 6.45) is 4.71. The number of pyridine rings is 1. The van der Waals surface area contributed by atoms with E-state index in [1.807, 2.05) is 12.2 Å². The molecule has 0 bridgehead atoms. The van der Waals surface area contributed by atoms with Gasteiger partial charge >= 0.3 is 0 Å². The number of hydrogen-bond donors (Lipinski definition) is 0. The van der Waals surface area contributed by atoms with Crippen molar-refractivity contribution in [2.45, 2.75) is 47.0 Å². The van der Waals surface area contributed by atoms with Crippen LogP contribution in [0.3, 0.4) is 0 Å². The Labute approximate surface area is 112 Å². The highest BCUT2D eigenvalue weighted by molar-refractivity contribution is 5.60. The summed E-state index contributed by atoms with van der Waals surface area (Å²) in [6.45, 7) is 18.9. The molecule has 18 heavy (non-hydrogen) atoms. The van der Waals surface area contributed by atoms with Gasteiger partial charge in [-0.1, -0.05) is 40.9 Å². The summed E-state index contributed by atoms with van der Waals surface area (Å²) in [4.78, 5) is 4.65. The van der Waals surface area contributed by atoms with Crippen LogP contribution in [-0.4, -0.2) is 4.98 Å². The highest BCUT2D eigenvalue weighted by atomic mass is 14.7. The second-order valence-corrected chi connectivity index (χ2v) is 5.19. The third-order valence-electron chi connectivity index (χ3n) is 3.86. The van der Waals surface area contributed by atoms with Gasteiger partial charge in [0.1, 0.15) is 0 Å². The van der Waals surface area contributed by atoms with Crippen molar-refractivity contribution in [3.8, 4) is 0 Å². The summed E-state index contributed by atoms with van der Waals surface area (Å²) >= 11 is 0. The first-order chi connectivity index (χ1) is 8.47. The lowest BCUT2D eigenvalue weighted by Gasteiger charge is -2.24. The molecule has 1 aromatic rings. The fraction of sp³-hybridized carbons (Fsp3) is 0.471. The Bertz CT molecular complexity index is 455. The van der Waals surface area contributed by atoms with Crippen LogP contribution >= 0.6 is 0 Å². The summed E-state index contributed by atoms with van der Waals surface area (Å²) in [7, 11) is 0. The van der Waals surface area contributed by atoms with Crippen molar-refractivity contribution in [3.05, 3.63) is 41.2 Å². The van der Waals surface area contributed by atoms with Gasteiger partial charge in [0.2, 0.25) is 0 Å². The zero-order valence-corrected chi connectivity index (χ0v) is 12.4. The molecule has 1 atom stereocenters. The van der Waals surface area contributed by atoms with Crippen molar-refractivity contribution in [1.29, 1.82) is 0 Å². The Balaban J connectivity index is 3.62. The van der Waals surface area contributed by atoms with Gasteiger partial charge in [0.05, 0.1) is 11.4 Å². The molecule has 0 aliphatic heterocycles. The second-order valence-electron chi connectivity index (χ2n) is 5.19. The molecule has 1 heterocycles. The van der Waals surface area contributed by atoms with Gasteiger partial charge in [-0.3, -0.25) is 0 Å². The van der Waals surface area contributed by atoms with Gasteiger partial charge in [-0.2, -0.15) is 0 Å². The fourth-order valence-corrected chi connectivity index (χ4v) is 2.47. The molecule has 0 aromatic carbocycles. The lowest BCUT2D eigenvalue weighted by Crippen LogP contribution is -2.12. The maximum atomic E-state index is 4.65. The summed E-state index contributed by atoms with van der Waals surface area (Å²) in [6, 6.07) is 0. The smallest absolute Gasteiger partial charge is 0.0665 e. The molecule has 0 saturated heterocycles. The SMILES string of the molecule is C=Cc1nc(C=C)c(CC)c(C(C)C(C)C)c1C. The molecule has 0 aliphatic rings. The van der Waals surface area contributed by atoms with Crippen LogP contribution in [0.5, 0.6) is 0 Å². The van der Waals surface area contributed by atoms with Gasteiger partial charge in [0, 0.05) is 0 Å². The van der Waals surface area contributed by atoms with E-state index in [0.717, 1.165) is 17.8 Å². The quantitative estimate of drug-likeness (QED) is 0.709. The van der Waals surface area contributed by atoms with Gasteiger partial charge in [-0.15, -0.1) is 0 Å². The number of nitrogens with zero attached hydrogens (tertiary/aromatic N) is 1. The van der Waals surface area contributed by atoms with E-state index < -0.39 is 0 Å². The van der Waals surface area contributed by atoms with E-state index in [1.165, 1.54) is 16.7 Å². The molecule has 98 valence electrons. The normalized spacial score (nSPS) is 12.6. The summed E-state index contributed by atoms with van der Waals surface area (Å²) in [5.41, 5.74) is 6.06. The number of aromatic nitrogens is 1. The third-order valence-corrected chi connectivity index (χ3v) is 3.86. The van der Waals surface area contributed by atoms with Crippen molar-refractivity contribution in [2.24, 2.45) is 5.92 Å². The van der Waals surface area contributed by atoms with Crippen molar-refractivity contribution >= 4 is 12.2 Å². The van der Waals surface area contributed by atoms with E-state index in [0.29, 0.717) is 11.8 Å². The predicted octanol–water partition coefficient (Wildman–Crippen LogP) is 5.00. The summed E-state index contributed by atoms with van der Waals surface area (Å²) in [5.74, 6) is 1.15. The predicted molar refractivity (Wildman–Crippen MR) is 81.8 cm³/mol. The molecule has 0 saturated carbocycles. The van der Waals surface area contributed by atoms with Crippen LogP contribution in [0.25, 0.3) is 12.2 Å². The lowest BCUT2D eigenvalue weighted by molar-refractivity contribution is 0.528. The minimum atomic E-state index is 0.528. The average molecular weight is 243 g/mol. The molecule has 1 unspecified atom stereocenters. The van der Waals surface area contributed by atoms with E-state index in [4.69, 9.17) is 0 Å². The summed E-state index contributed by atoms with van der Waals surface area (Å²) in [5, 5.41) is 0. The molecule has 0 N–H and O–H groups in total. The van der Waals surface area contributed by atoms with Gasteiger partial charge in [-0.05, 0) is 54.0 Å². The molecule has 0 aliphatic carbocycles. The Morgan fingerprint density at radius 1 is 1.11 bits per heavy atom. The van der Waals surface area contributed by atoms with Gasteiger partial charge in [-0.25, -0.2) is 4.98 Å². The first-order valence-electron chi connectivity index (χ1n) is 6.76. The van der Waals surface area contributed by atoms with Gasteiger partial charge in [0.25, 0.3) is 0 Å². The van der Waals surface area contributed by atoms with E-state index >= 15 is 0 Å². The van der Waals surface area contributed by atoms with Crippen molar-refractivity contribution in [3.63, 3.8) is 0 Å². The molecule has 0 radical (unpaired) electrons. The van der Waals surface area contributed by atoms with E-state index in [-0.39, 0.29) is 0 Å². The molecule has 1 rings (SSSR count). The maximum absolute atomic E-state index is 4.65. The van der Waals surface area contributed by atoms with Gasteiger partial charge < -0.3 is 0 Å². The largest absolute Gasteiger partial charge is 0.249 e. The fourth-order valence-electron chi connectivity index (χ4n) is 2.47. The molecule has 0 fully saturated rings. The summed E-state index contributed by atoms with van der Waals surface area (Å²) < 4.78 is 0. The van der Waals surface area contributed by atoms with E-state index in [9.17, 15) is 0 Å². The average Bonchev–Trinajstić information content (AvgIpc) is 2.36. The zero-order valence-electron chi connectivity index (χ0n) is 12.4. The molecule has 0 amide bonds. The topological polar surface area (TPSA) is 12.9 Å². The van der Waals surface area contributed by atoms with Crippen molar-refractivity contribution < 1.29 is 0 Å². The Morgan fingerprint density at radius 3 is 2.06 bits per heavy atom. The minimum absolute atomic E-state index is 0.528. The lowest BCUT2D eigenvalue weighted by atomic mass is 9.82. The van der Waals surface area contributed by atoms with Crippen LogP contribution < -0.4 is 0 Å². The standard InChI is InChI=1S/C17H25N/c1-8-14-16(10-3)18-15(9-2)13(7)17(14)12(6)11(4)5/h9-12H,2-3,8H2,1,4-7H3. The van der Waals surface area contributed by atoms with Crippen LogP contribution in [-0.2, 0) is 6.42 Å². The van der Waals surface area contributed by atoms with Crippen LogP contribution in [0, 0.1) is 12.8 Å². The van der Waals surface area contributed by atoms with Crippen molar-refractivity contribution in [1.82, 2.24) is 4.98 Å². The second kappa shape index (κ2) is 5.99. The first kappa shape index (κ1) is 14.7. The van der Waals surface area contributed by atoms with E-state index in [1.54, 1.807) is 0 Å². The molecule has 1 aromatic heterocycles. The highest BCUT2D eigenvalue weighted by Gasteiger charge is 2.20.